The minimum atomic E-state index is -0.380. The topological polar surface area (TPSA) is 70.1 Å². The van der Waals surface area contributed by atoms with E-state index in [2.05, 4.69) is 9.55 Å². The van der Waals surface area contributed by atoms with E-state index in [9.17, 15) is 4.79 Å². The zero-order valence-electron chi connectivity index (χ0n) is 13.4. The molecule has 3 rings (SSSR count). The normalized spacial score (nSPS) is 21.1. The van der Waals surface area contributed by atoms with Gasteiger partial charge in [0.15, 0.2) is 5.69 Å². The molecule has 1 aliphatic rings. The second-order valence-electron chi connectivity index (χ2n) is 5.95. The van der Waals surface area contributed by atoms with Crippen LogP contribution in [0.25, 0.3) is 11.3 Å². The lowest BCUT2D eigenvalue weighted by Crippen LogP contribution is -2.35. The SMILES string of the molecule is CCOC(=O)c1ncn([C@@H]2CCCC[C@@H]2N)c1-c1ccccc1. The van der Waals surface area contributed by atoms with Gasteiger partial charge in [-0.25, -0.2) is 9.78 Å². The molecule has 5 nitrogen and oxygen atoms in total. The first-order valence-corrected chi connectivity index (χ1v) is 8.27. The number of ether oxygens (including phenoxy) is 1. The molecule has 0 amide bonds. The van der Waals surface area contributed by atoms with Crippen LogP contribution in [0.5, 0.6) is 0 Å². The maximum atomic E-state index is 12.3. The minimum absolute atomic E-state index is 0.0930. The molecule has 1 heterocycles. The first-order valence-electron chi connectivity index (χ1n) is 8.27. The van der Waals surface area contributed by atoms with Gasteiger partial charge in [0.1, 0.15) is 0 Å². The Morgan fingerprint density at radius 1 is 1.30 bits per heavy atom. The van der Waals surface area contributed by atoms with Crippen molar-refractivity contribution in [2.45, 2.75) is 44.7 Å². The van der Waals surface area contributed by atoms with Gasteiger partial charge in [0.25, 0.3) is 0 Å². The van der Waals surface area contributed by atoms with E-state index in [-0.39, 0.29) is 18.1 Å². The summed E-state index contributed by atoms with van der Waals surface area (Å²) < 4.78 is 7.25. The minimum Gasteiger partial charge on any atom is -0.461 e. The number of benzene rings is 1. The van der Waals surface area contributed by atoms with E-state index in [1.165, 1.54) is 0 Å². The summed E-state index contributed by atoms with van der Waals surface area (Å²) in [6.07, 6.45) is 6.08. The van der Waals surface area contributed by atoms with E-state index in [0.717, 1.165) is 36.9 Å². The lowest BCUT2D eigenvalue weighted by atomic mass is 9.90. The second-order valence-corrected chi connectivity index (χ2v) is 5.95. The number of imidazole rings is 1. The number of carbonyl (C=O) groups is 1. The van der Waals surface area contributed by atoms with E-state index in [4.69, 9.17) is 10.5 Å². The molecule has 1 fully saturated rings. The fourth-order valence-corrected chi connectivity index (χ4v) is 3.33. The van der Waals surface area contributed by atoms with E-state index < -0.39 is 0 Å². The summed E-state index contributed by atoms with van der Waals surface area (Å²) >= 11 is 0. The predicted octanol–water partition coefficient (Wildman–Crippen LogP) is 3.17. The smallest absolute Gasteiger partial charge is 0.359 e. The maximum Gasteiger partial charge on any atom is 0.359 e. The highest BCUT2D eigenvalue weighted by Crippen LogP contribution is 2.33. The number of nitrogens with two attached hydrogens (primary N) is 1. The summed E-state index contributed by atoms with van der Waals surface area (Å²) in [6.45, 7) is 2.14. The van der Waals surface area contributed by atoms with Gasteiger partial charge >= 0.3 is 5.97 Å². The fraction of sp³-hybridized carbons (Fsp3) is 0.444. The van der Waals surface area contributed by atoms with E-state index >= 15 is 0 Å². The Kier molecular flexibility index (Phi) is 4.76. The summed E-state index contributed by atoms with van der Waals surface area (Å²) in [4.78, 5) is 16.6. The summed E-state index contributed by atoms with van der Waals surface area (Å²) in [6, 6.07) is 10.1. The van der Waals surface area contributed by atoms with Gasteiger partial charge in [-0.2, -0.15) is 0 Å². The molecule has 2 N–H and O–H groups in total. The molecule has 1 saturated carbocycles. The number of hydrogen-bond donors (Lipinski definition) is 1. The van der Waals surface area contributed by atoms with Gasteiger partial charge in [-0.15, -0.1) is 0 Å². The highest BCUT2D eigenvalue weighted by atomic mass is 16.5. The molecular weight excluding hydrogens is 290 g/mol. The summed E-state index contributed by atoms with van der Waals surface area (Å²) in [5.74, 6) is -0.380. The summed E-state index contributed by atoms with van der Waals surface area (Å²) in [5.41, 5.74) is 8.48. The molecule has 0 bridgehead atoms. The van der Waals surface area contributed by atoms with Crippen molar-refractivity contribution in [3.63, 3.8) is 0 Å². The standard InChI is InChI=1S/C18H23N3O2/c1-2-23-18(22)16-17(13-8-4-3-5-9-13)21(12-20-16)15-11-7-6-10-14(15)19/h3-5,8-9,12,14-15H,2,6-7,10-11,19H2,1H3/t14-,15+/m0/s1. The van der Waals surface area contributed by atoms with Crippen LogP contribution in [-0.4, -0.2) is 28.2 Å². The summed E-state index contributed by atoms with van der Waals surface area (Å²) in [7, 11) is 0. The molecule has 0 spiro atoms. The molecule has 0 saturated heterocycles. The quantitative estimate of drug-likeness (QED) is 0.880. The number of rotatable bonds is 4. The van der Waals surface area contributed by atoms with Crippen LogP contribution in [0.1, 0.15) is 49.1 Å². The molecule has 5 heteroatoms. The van der Waals surface area contributed by atoms with Crippen LogP contribution >= 0.6 is 0 Å². The van der Waals surface area contributed by atoms with E-state index in [1.807, 2.05) is 30.3 Å². The molecule has 1 aliphatic carbocycles. The third kappa shape index (κ3) is 3.15. The summed E-state index contributed by atoms with van der Waals surface area (Å²) in [5, 5.41) is 0. The van der Waals surface area contributed by atoms with Crippen LogP contribution in [0.2, 0.25) is 0 Å². The fourth-order valence-electron chi connectivity index (χ4n) is 3.33. The Morgan fingerprint density at radius 2 is 2.04 bits per heavy atom. The molecule has 1 aromatic heterocycles. The maximum absolute atomic E-state index is 12.3. The number of aromatic nitrogens is 2. The van der Waals surface area contributed by atoms with Crippen molar-refractivity contribution in [1.82, 2.24) is 9.55 Å². The molecule has 0 radical (unpaired) electrons. The Morgan fingerprint density at radius 3 is 2.74 bits per heavy atom. The number of carbonyl (C=O) groups excluding carboxylic acids is 1. The van der Waals surface area contributed by atoms with Crippen LogP contribution in [0.15, 0.2) is 36.7 Å². The van der Waals surface area contributed by atoms with Crippen molar-refractivity contribution < 1.29 is 9.53 Å². The van der Waals surface area contributed by atoms with Gasteiger partial charge in [0.2, 0.25) is 0 Å². The van der Waals surface area contributed by atoms with E-state index in [0.29, 0.717) is 12.3 Å². The average Bonchev–Trinajstić information content (AvgIpc) is 3.01. The Labute approximate surface area is 136 Å². The van der Waals surface area contributed by atoms with Crippen molar-refractivity contribution in [2.24, 2.45) is 5.73 Å². The van der Waals surface area contributed by atoms with Gasteiger partial charge in [-0.3, -0.25) is 0 Å². The highest BCUT2D eigenvalue weighted by Gasteiger charge is 2.29. The average molecular weight is 313 g/mol. The number of esters is 1. The molecular formula is C18H23N3O2. The Hall–Kier alpha value is -2.14. The molecule has 122 valence electrons. The van der Waals surface area contributed by atoms with Crippen LogP contribution < -0.4 is 5.73 Å². The van der Waals surface area contributed by atoms with Gasteiger partial charge in [-0.05, 0) is 19.8 Å². The van der Waals surface area contributed by atoms with Crippen molar-refractivity contribution in [1.29, 1.82) is 0 Å². The van der Waals surface area contributed by atoms with Gasteiger partial charge < -0.3 is 15.0 Å². The van der Waals surface area contributed by atoms with Gasteiger partial charge in [-0.1, -0.05) is 43.2 Å². The monoisotopic (exact) mass is 313 g/mol. The van der Waals surface area contributed by atoms with Crippen LogP contribution in [-0.2, 0) is 4.74 Å². The lowest BCUT2D eigenvalue weighted by Gasteiger charge is -2.31. The Balaban J connectivity index is 2.07. The zero-order valence-corrected chi connectivity index (χ0v) is 13.4. The number of hydrogen-bond acceptors (Lipinski definition) is 4. The van der Waals surface area contributed by atoms with Crippen molar-refractivity contribution in [2.75, 3.05) is 6.61 Å². The highest BCUT2D eigenvalue weighted by molar-refractivity contribution is 5.94. The largest absolute Gasteiger partial charge is 0.461 e. The zero-order chi connectivity index (χ0) is 16.2. The first-order chi connectivity index (χ1) is 11.2. The third-order valence-electron chi connectivity index (χ3n) is 4.45. The third-order valence-corrected chi connectivity index (χ3v) is 4.45. The van der Waals surface area contributed by atoms with Gasteiger partial charge in [0.05, 0.1) is 24.7 Å². The van der Waals surface area contributed by atoms with Crippen molar-refractivity contribution in [3.8, 4) is 11.3 Å². The molecule has 23 heavy (non-hydrogen) atoms. The first kappa shape index (κ1) is 15.7. The van der Waals surface area contributed by atoms with Crippen LogP contribution in [0.4, 0.5) is 0 Å². The Bertz CT molecular complexity index is 666. The molecule has 0 aliphatic heterocycles. The van der Waals surface area contributed by atoms with Crippen molar-refractivity contribution >= 4 is 5.97 Å². The lowest BCUT2D eigenvalue weighted by molar-refractivity contribution is 0.0521. The van der Waals surface area contributed by atoms with E-state index in [1.54, 1.807) is 13.3 Å². The van der Waals surface area contributed by atoms with Crippen LogP contribution in [0.3, 0.4) is 0 Å². The number of nitrogens with zero attached hydrogens (tertiary/aromatic N) is 2. The van der Waals surface area contributed by atoms with Crippen molar-refractivity contribution in [3.05, 3.63) is 42.4 Å². The molecule has 0 unspecified atom stereocenters. The van der Waals surface area contributed by atoms with Gasteiger partial charge in [0, 0.05) is 11.6 Å². The molecule has 2 atom stereocenters. The molecule has 1 aromatic carbocycles. The molecule has 2 aromatic rings. The second kappa shape index (κ2) is 6.96. The van der Waals surface area contributed by atoms with Crippen LogP contribution in [0, 0.1) is 0 Å². The predicted molar refractivity (Wildman–Crippen MR) is 89.1 cm³/mol.